The van der Waals surface area contributed by atoms with E-state index in [1.54, 1.807) is 5.57 Å². The molecule has 0 radical (unpaired) electrons. The third-order valence-electron chi connectivity index (χ3n) is 2.83. The van der Waals surface area contributed by atoms with E-state index in [-0.39, 0.29) is 0 Å². The van der Waals surface area contributed by atoms with Crippen LogP contribution in [0.4, 0.5) is 0 Å². The van der Waals surface area contributed by atoms with Crippen LogP contribution in [0.1, 0.15) is 38.5 Å². The molecule has 1 aliphatic heterocycles. The Bertz CT molecular complexity index is 154. The predicted molar refractivity (Wildman–Crippen MR) is 47.6 cm³/mol. The highest BCUT2D eigenvalue weighted by atomic mass is 14.9. The molecule has 1 heteroatoms. The molecule has 1 saturated heterocycles. The molecule has 2 aliphatic rings. The van der Waals surface area contributed by atoms with Crippen molar-refractivity contribution in [3.05, 3.63) is 11.6 Å². The van der Waals surface area contributed by atoms with Crippen LogP contribution in [0.15, 0.2) is 11.6 Å². The van der Waals surface area contributed by atoms with Gasteiger partial charge in [0.2, 0.25) is 0 Å². The number of rotatable bonds is 1. The lowest BCUT2D eigenvalue weighted by atomic mass is 9.97. The SMILES string of the molecule is C1=C(C2CCCCN2)CCC1. The normalized spacial score (nSPS) is 32.0. The maximum absolute atomic E-state index is 3.59. The van der Waals surface area contributed by atoms with Crippen LogP contribution in [-0.4, -0.2) is 12.6 Å². The van der Waals surface area contributed by atoms with Gasteiger partial charge in [0, 0.05) is 6.04 Å². The smallest absolute Gasteiger partial charge is 0.0279 e. The first-order valence-electron chi connectivity index (χ1n) is 4.89. The molecular weight excluding hydrogens is 134 g/mol. The first kappa shape index (κ1) is 7.35. The molecule has 0 aromatic heterocycles. The zero-order valence-corrected chi connectivity index (χ0v) is 7.10. The quantitative estimate of drug-likeness (QED) is 0.567. The molecular formula is C10H17N. The first-order chi connectivity index (χ1) is 5.47. The van der Waals surface area contributed by atoms with Crippen LogP contribution in [0.25, 0.3) is 0 Å². The molecule has 1 fully saturated rings. The van der Waals surface area contributed by atoms with E-state index < -0.39 is 0 Å². The van der Waals surface area contributed by atoms with Gasteiger partial charge < -0.3 is 5.32 Å². The lowest BCUT2D eigenvalue weighted by molar-refractivity contribution is 0.435. The Morgan fingerprint density at radius 2 is 2.27 bits per heavy atom. The van der Waals surface area contributed by atoms with Crippen LogP contribution in [0.2, 0.25) is 0 Å². The van der Waals surface area contributed by atoms with Gasteiger partial charge in [-0.3, -0.25) is 0 Å². The van der Waals surface area contributed by atoms with Crippen molar-refractivity contribution in [3.63, 3.8) is 0 Å². The van der Waals surface area contributed by atoms with E-state index >= 15 is 0 Å². The topological polar surface area (TPSA) is 12.0 Å². The maximum Gasteiger partial charge on any atom is 0.0279 e. The van der Waals surface area contributed by atoms with Crippen molar-refractivity contribution < 1.29 is 0 Å². The summed E-state index contributed by atoms with van der Waals surface area (Å²) in [6.45, 7) is 1.24. The summed E-state index contributed by atoms with van der Waals surface area (Å²) in [5.74, 6) is 0. The van der Waals surface area contributed by atoms with E-state index in [2.05, 4.69) is 11.4 Å². The summed E-state index contributed by atoms with van der Waals surface area (Å²) < 4.78 is 0. The Morgan fingerprint density at radius 3 is 2.91 bits per heavy atom. The fraction of sp³-hybridized carbons (Fsp3) is 0.800. The van der Waals surface area contributed by atoms with Gasteiger partial charge in [0.15, 0.2) is 0 Å². The van der Waals surface area contributed by atoms with E-state index in [0.717, 1.165) is 6.04 Å². The fourth-order valence-electron chi connectivity index (χ4n) is 2.18. The predicted octanol–water partition coefficient (Wildman–Crippen LogP) is 2.24. The molecule has 1 atom stereocenters. The highest BCUT2D eigenvalue weighted by molar-refractivity contribution is 5.15. The molecule has 1 aliphatic carbocycles. The average Bonchev–Trinajstić information content (AvgIpc) is 2.58. The maximum atomic E-state index is 3.59. The Balaban J connectivity index is 1.92. The van der Waals surface area contributed by atoms with Gasteiger partial charge in [-0.1, -0.05) is 18.1 Å². The van der Waals surface area contributed by atoms with E-state index in [9.17, 15) is 0 Å². The molecule has 1 N–H and O–H groups in total. The monoisotopic (exact) mass is 151 g/mol. The van der Waals surface area contributed by atoms with Gasteiger partial charge in [0.25, 0.3) is 0 Å². The molecule has 11 heavy (non-hydrogen) atoms. The van der Waals surface area contributed by atoms with Crippen LogP contribution in [-0.2, 0) is 0 Å². The molecule has 0 spiro atoms. The number of allylic oxidation sites excluding steroid dienone is 1. The summed E-state index contributed by atoms with van der Waals surface area (Å²) in [5, 5.41) is 3.59. The molecule has 62 valence electrons. The Kier molecular flexibility index (Phi) is 2.27. The summed E-state index contributed by atoms with van der Waals surface area (Å²) in [5.41, 5.74) is 1.70. The minimum absolute atomic E-state index is 0.756. The molecule has 0 aromatic rings. The van der Waals surface area contributed by atoms with Crippen LogP contribution >= 0.6 is 0 Å². The second-order valence-corrected chi connectivity index (χ2v) is 3.67. The molecule has 2 rings (SSSR count). The molecule has 1 nitrogen and oxygen atoms in total. The standard InChI is InChI=1S/C10H17N/c1-2-6-9(5-1)10-7-3-4-8-11-10/h5,10-11H,1-4,6-8H2. The summed E-state index contributed by atoms with van der Waals surface area (Å²) >= 11 is 0. The van der Waals surface area contributed by atoms with E-state index in [0.29, 0.717) is 0 Å². The Morgan fingerprint density at radius 1 is 1.27 bits per heavy atom. The first-order valence-corrected chi connectivity index (χ1v) is 4.89. The van der Waals surface area contributed by atoms with Gasteiger partial charge in [0.05, 0.1) is 0 Å². The van der Waals surface area contributed by atoms with Crippen LogP contribution in [0, 0.1) is 0 Å². The summed E-state index contributed by atoms with van der Waals surface area (Å²) in [4.78, 5) is 0. The molecule has 1 heterocycles. The lowest BCUT2D eigenvalue weighted by Gasteiger charge is -2.24. The second-order valence-electron chi connectivity index (χ2n) is 3.67. The van der Waals surface area contributed by atoms with Gasteiger partial charge >= 0.3 is 0 Å². The second kappa shape index (κ2) is 3.40. The van der Waals surface area contributed by atoms with Crippen molar-refractivity contribution in [2.24, 2.45) is 0 Å². The van der Waals surface area contributed by atoms with Crippen molar-refractivity contribution in [3.8, 4) is 0 Å². The van der Waals surface area contributed by atoms with Crippen LogP contribution < -0.4 is 5.32 Å². The van der Waals surface area contributed by atoms with Crippen molar-refractivity contribution in [2.45, 2.75) is 44.6 Å². The van der Waals surface area contributed by atoms with E-state index in [4.69, 9.17) is 0 Å². The zero-order chi connectivity index (χ0) is 7.52. The third kappa shape index (κ3) is 1.64. The molecule has 0 saturated carbocycles. The number of nitrogens with one attached hydrogen (secondary N) is 1. The van der Waals surface area contributed by atoms with Crippen molar-refractivity contribution in [2.75, 3.05) is 6.54 Å². The fourth-order valence-corrected chi connectivity index (χ4v) is 2.18. The molecule has 0 amide bonds. The lowest BCUT2D eigenvalue weighted by Crippen LogP contribution is -2.35. The van der Waals surface area contributed by atoms with E-state index in [1.165, 1.54) is 45.1 Å². The molecule has 1 unspecified atom stereocenters. The van der Waals surface area contributed by atoms with Crippen LogP contribution in [0.5, 0.6) is 0 Å². The Hall–Kier alpha value is -0.300. The highest BCUT2D eigenvalue weighted by Crippen LogP contribution is 2.24. The summed E-state index contributed by atoms with van der Waals surface area (Å²) in [6.07, 6.45) is 10.7. The van der Waals surface area contributed by atoms with E-state index in [1.807, 2.05) is 0 Å². The third-order valence-corrected chi connectivity index (χ3v) is 2.83. The summed E-state index contributed by atoms with van der Waals surface area (Å²) in [7, 11) is 0. The minimum atomic E-state index is 0.756. The van der Waals surface area contributed by atoms with Crippen molar-refractivity contribution in [1.29, 1.82) is 0 Å². The zero-order valence-electron chi connectivity index (χ0n) is 7.10. The van der Waals surface area contributed by atoms with Gasteiger partial charge in [0.1, 0.15) is 0 Å². The number of piperidine rings is 1. The average molecular weight is 151 g/mol. The van der Waals surface area contributed by atoms with Gasteiger partial charge in [-0.15, -0.1) is 0 Å². The van der Waals surface area contributed by atoms with Crippen LogP contribution in [0.3, 0.4) is 0 Å². The minimum Gasteiger partial charge on any atom is -0.310 e. The van der Waals surface area contributed by atoms with Gasteiger partial charge in [-0.2, -0.15) is 0 Å². The Labute approximate surface area is 68.9 Å². The van der Waals surface area contributed by atoms with Crippen molar-refractivity contribution in [1.82, 2.24) is 5.32 Å². The largest absolute Gasteiger partial charge is 0.310 e. The summed E-state index contributed by atoms with van der Waals surface area (Å²) in [6, 6.07) is 0.756. The number of hydrogen-bond acceptors (Lipinski definition) is 1. The van der Waals surface area contributed by atoms with Crippen molar-refractivity contribution >= 4 is 0 Å². The van der Waals surface area contributed by atoms with Gasteiger partial charge in [-0.25, -0.2) is 0 Å². The molecule has 0 aromatic carbocycles. The number of hydrogen-bond donors (Lipinski definition) is 1. The highest BCUT2D eigenvalue weighted by Gasteiger charge is 2.18. The molecule has 0 bridgehead atoms. The van der Waals surface area contributed by atoms with Gasteiger partial charge in [-0.05, 0) is 38.6 Å².